The number of hydrogen-bond donors (Lipinski definition) is 2. The fraction of sp³-hybridized carbons (Fsp3) is 0.682. The predicted molar refractivity (Wildman–Crippen MR) is 110 cm³/mol. The van der Waals surface area contributed by atoms with Crippen molar-refractivity contribution < 1.29 is 9.90 Å². The summed E-state index contributed by atoms with van der Waals surface area (Å²) in [5.74, 6) is -0.0181. The molecule has 0 aliphatic rings. The normalized spacial score (nSPS) is 12.8. The zero-order valence-corrected chi connectivity index (χ0v) is 17.3. The zero-order valence-electron chi connectivity index (χ0n) is 17.3. The van der Waals surface area contributed by atoms with Gasteiger partial charge in [-0.15, -0.1) is 0 Å². The van der Waals surface area contributed by atoms with E-state index in [1.807, 2.05) is 24.3 Å². The minimum Gasteiger partial charge on any atom is -0.392 e. The van der Waals surface area contributed by atoms with Crippen LogP contribution in [0.2, 0.25) is 0 Å². The largest absolute Gasteiger partial charge is 0.392 e. The van der Waals surface area contributed by atoms with Gasteiger partial charge in [0.15, 0.2) is 0 Å². The second kappa shape index (κ2) is 11.3. The van der Waals surface area contributed by atoms with Gasteiger partial charge in [0.25, 0.3) is 0 Å². The molecule has 0 aromatic heterocycles. The Labute approximate surface area is 160 Å². The zero-order chi connectivity index (χ0) is 19.6. The van der Waals surface area contributed by atoms with Gasteiger partial charge in [-0.3, -0.25) is 4.79 Å². The molecule has 0 bridgehead atoms. The molecule has 0 fully saturated rings. The van der Waals surface area contributed by atoms with Crippen molar-refractivity contribution in [2.45, 2.75) is 91.1 Å². The van der Waals surface area contributed by atoms with Crippen LogP contribution in [0.1, 0.15) is 85.1 Å². The first-order valence-corrected chi connectivity index (χ1v) is 10.2. The average Bonchev–Trinajstić information content (AvgIpc) is 2.62. The van der Waals surface area contributed by atoms with Crippen LogP contribution in [-0.4, -0.2) is 23.7 Å². The summed E-state index contributed by atoms with van der Waals surface area (Å²) < 4.78 is 0. The van der Waals surface area contributed by atoms with Gasteiger partial charge < -0.3 is 5.11 Å². The number of aliphatic hydroxyl groups excluding tert-OH is 1. The minimum atomic E-state index is -0.367. The number of aliphatic hydroxyl groups is 1. The minimum absolute atomic E-state index is 0.0181. The molecule has 4 nitrogen and oxygen atoms in total. The number of anilines is 1. The van der Waals surface area contributed by atoms with Crippen molar-refractivity contribution in [3.05, 3.63) is 29.8 Å². The Hall–Kier alpha value is -1.39. The number of carbonyl (C=O) groups is 1. The highest BCUT2D eigenvalue weighted by Crippen LogP contribution is 2.31. The van der Waals surface area contributed by atoms with Gasteiger partial charge in [0.1, 0.15) is 0 Å². The lowest BCUT2D eigenvalue weighted by Crippen LogP contribution is -2.42. The number of nitrogens with zero attached hydrogens (tertiary/aromatic N) is 1. The quantitative estimate of drug-likeness (QED) is 0.408. The van der Waals surface area contributed by atoms with Gasteiger partial charge in [0, 0.05) is 18.9 Å². The highest BCUT2D eigenvalue weighted by Gasteiger charge is 2.29. The summed E-state index contributed by atoms with van der Waals surface area (Å²) in [6, 6.07) is 7.98. The molecule has 1 amide bonds. The molecule has 4 heteroatoms. The molecule has 1 aromatic carbocycles. The molecule has 148 valence electrons. The summed E-state index contributed by atoms with van der Waals surface area (Å²) in [4.78, 5) is 12.0. The van der Waals surface area contributed by atoms with Gasteiger partial charge >= 0.3 is 0 Å². The van der Waals surface area contributed by atoms with Crippen molar-refractivity contribution in [3.8, 4) is 0 Å². The molecule has 1 rings (SSSR count). The topological polar surface area (TPSA) is 52.6 Å². The van der Waals surface area contributed by atoms with Crippen molar-refractivity contribution in [3.63, 3.8) is 0 Å². The lowest BCUT2D eigenvalue weighted by atomic mass is 9.77. The maximum absolute atomic E-state index is 12.0. The third-order valence-corrected chi connectivity index (χ3v) is 5.15. The molecule has 2 N–H and O–H groups in total. The highest BCUT2D eigenvalue weighted by atomic mass is 16.3. The Bertz CT molecular complexity index is 525. The Kier molecular flexibility index (Phi) is 9.89. The molecule has 0 heterocycles. The van der Waals surface area contributed by atoms with Gasteiger partial charge in [-0.25, -0.2) is 10.4 Å². The van der Waals surface area contributed by atoms with E-state index in [1.54, 1.807) is 11.9 Å². The first-order chi connectivity index (χ1) is 12.3. The summed E-state index contributed by atoms with van der Waals surface area (Å²) >= 11 is 0. The molecule has 0 aliphatic carbocycles. The van der Waals surface area contributed by atoms with Gasteiger partial charge in [-0.2, -0.15) is 0 Å². The molecule has 1 aromatic rings. The second-order valence-corrected chi connectivity index (χ2v) is 7.75. The number of nitrogens with one attached hydrogen (secondary N) is 1. The van der Waals surface area contributed by atoms with Crippen LogP contribution in [0, 0.1) is 0 Å². The first-order valence-electron chi connectivity index (χ1n) is 10.2. The van der Waals surface area contributed by atoms with Gasteiger partial charge in [0.05, 0.1) is 11.8 Å². The van der Waals surface area contributed by atoms with Crippen LogP contribution in [0.25, 0.3) is 0 Å². The average molecular weight is 363 g/mol. The molecule has 0 saturated heterocycles. The molecule has 0 saturated carbocycles. The summed E-state index contributed by atoms with van der Waals surface area (Å²) in [6.45, 7) is 10.9. The maximum atomic E-state index is 12.0. The van der Waals surface area contributed by atoms with Crippen molar-refractivity contribution in [1.82, 2.24) is 5.43 Å². The van der Waals surface area contributed by atoms with Crippen molar-refractivity contribution in [2.24, 2.45) is 0 Å². The van der Waals surface area contributed by atoms with Crippen LogP contribution < -0.4 is 10.4 Å². The fourth-order valence-electron chi connectivity index (χ4n) is 3.12. The first kappa shape index (κ1) is 22.7. The van der Waals surface area contributed by atoms with Crippen LogP contribution in [0.5, 0.6) is 0 Å². The predicted octanol–water partition coefficient (Wildman–Crippen LogP) is 4.95. The second-order valence-electron chi connectivity index (χ2n) is 7.75. The lowest BCUT2D eigenvalue weighted by molar-refractivity contribution is -0.117. The molecule has 1 unspecified atom stereocenters. The maximum Gasteiger partial charge on any atom is 0.238 e. The Balaban J connectivity index is 2.77. The van der Waals surface area contributed by atoms with Crippen molar-refractivity contribution >= 4 is 11.6 Å². The molecule has 26 heavy (non-hydrogen) atoms. The molecule has 1 atom stereocenters. The standard InChI is InChI=1S/C22H38N2O2/c1-6-8-10-11-17-23-24(18(3)25)20-15-13-19(14-16-20)22(4,5)21(26)12-9-7-2/h13-16,21,23,26H,6-12,17H2,1-5H3. The molecule has 0 radical (unpaired) electrons. The Morgan fingerprint density at radius 3 is 2.23 bits per heavy atom. The van der Waals surface area contributed by atoms with E-state index in [0.717, 1.165) is 43.5 Å². The lowest BCUT2D eigenvalue weighted by Gasteiger charge is -2.32. The SMILES string of the molecule is CCCCCCNN(C(C)=O)c1ccc(C(C)(C)C(O)CCCC)cc1. The van der Waals surface area contributed by atoms with Crippen molar-refractivity contribution in [1.29, 1.82) is 0 Å². The van der Waals surface area contributed by atoms with Gasteiger partial charge in [-0.1, -0.05) is 71.9 Å². The fourth-order valence-corrected chi connectivity index (χ4v) is 3.12. The molecular weight excluding hydrogens is 324 g/mol. The van der Waals surface area contributed by atoms with E-state index in [2.05, 4.69) is 33.1 Å². The molecular formula is C22H38N2O2. The summed E-state index contributed by atoms with van der Waals surface area (Å²) in [6.07, 6.45) is 7.23. The smallest absolute Gasteiger partial charge is 0.238 e. The van der Waals surface area contributed by atoms with Crippen molar-refractivity contribution in [2.75, 3.05) is 11.6 Å². The van der Waals surface area contributed by atoms with Crippen LogP contribution >= 0.6 is 0 Å². The van der Waals surface area contributed by atoms with E-state index in [9.17, 15) is 9.90 Å². The van der Waals surface area contributed by atoms with E-state index in [-0.39, 0.29) is 17.4 Å². The van der Waals surface area contributed by atoms with Crippen LogP contribution in [0.4, 0.5) is 5.69 Å². The molecule has 0 spiro atoms. The number of benzene rings is 1. The number of carbonyl (C=O) groups excluding carboxylic acids is 1. The summed E-state index contributed by atoms with van der Waals surface area (Å²) in [5, 5.41) is 12.2. The number of hydrazine groups is 1. The van der Waals surface area contributed by atoms with E-state index in [0.29, 0.717) is 0 Å². The van der Waals surface area contributed by atoms with E-state index in [1.165, 1.54) is 19.3 Å². The summed E-state index contributed by atoms with van der Waals surface area (Å²) in [7, 11) is 0. The van der Waals surface area contributed by atoms with Crippen LogP contribution in [0.15, 0.2) is 24.3 Å². The van der Waals surface area contributed by atoms with E-state index >= 15 is 0 Å². The Morgan fingerprint density at radius 1 is 1.08 bits per heavy atom. The summed E-state index contributed by atoms with van der Waals surface area (Å²) in [5.41, 5.74) is 4.87. The van der Waals surface area contributed by atoms with E-state index < -0.39 is 0 Å². The molecule has 0 aliphatic heterocycles. The van der Waals surface area contributed by atoms with Gasteiger partial charge in [0.2, 0.25) is 5.91 Å². The number of unbranched alkanes of at least 4 members (excludes halogenated alkanes) is 4. The number of rotatable bonds is 12. The highest BCUT2D eigenvalue weighted by molar-refractivity contribution is 5.90. The van der Waals surface area contributed by atoms with Crippen LogP contribution in [0.3, 0.4) is 0 Å². The third kappa shape index (κ3) is 6.73. The monoisotopic (exact) mass is 362 g/mol. The van der Waals surface area contributed by atoms with E-state index in [4.69, 9.17) is 0 Å². The third-order valence-electron chi connectivity index (χ3n) is 5.15. The van der Waals surface area contributed by atoms with Gasteiger partial charge in [-0.05, 0) is 30.5 Å². The number of hydrogen-bond acceptors (Lipinski definition) is 3. The van der Waals surface area contributed by atoms with Crippen LogP contribution in [-0.2, 0) is 10.2 Å². The number of amides is 1. The Morgan fingerprint density at radius 2 is 1.69 bits per heavy atom.